The first-order valence-electron chi connectivity index (χ1n) is 13.3. The van der Waals surface area contributed by atoms with Gasteiger partial charge < -0.3 is 18.9 Å². The van der Waals surface area contributed by atoms with Gasteiger partial charge in [0.2, 0.25) is 12.5 Å². The highest BCUT2D eigenvalue weighted by Gasteiger charge is 2.28. The smallest absolute Gasteiger partial charge is 0.231 e. The van der Waals surface area contributed by atoms with Crippen molar-refractivity contribution in [1.82, 2.24) is 15.0 Å². The Bertz CT molecular complexity index is 1670. The van der Waals surface area contributed by atoms with E-state index in [1.54, 1.807) is 7.11 Å². The van der Waals surface area contributed by atoms with E-state index in [2.05, 4.69) is 45.3 Å². The first kappa shape index (κ1) is 23.5. The molecule has 3 aromatic carbocycles. The molecule has 2 aliphatic rings. The van der Waals surface area contributed by atoms with Crippen molar-refractivity contribution in [2.75, 3.05) is 20.5 Å². The Labute approximate surface area is 226 Å². The Balaban J connectivity index is 1.07. The third-order valence-electron chi connectivity index (χ3n) is 7.43. The Morgan fingerprint density at radius 2 is 1.87 bits per heavy atom. The molecule has 2 aromatic heterocycles. The lowest BCUT2D eigenvalue weighted by molar-refractivity contribution is -0.686. The van der Waals surface area contributed by atoms with Crippen LogP contribution in [0.4, 0.5) is 0 Å². The summed E-state index contributed by atoms with van der Waals surface area (Å²) in [6.45, 7) is 2.54. The molecule has 0 N–H and O–H groups in total. The monoisotopic (exact) mass is 521 g/mol. The molecule has 5 aromatic rings. The number of benzene rings is 3. The lowest BCUT2D eigenvalue weighted by atomic mass is 9.95. The van der Waals surface area contributed by atoms with Crippen molar-refractivity contribution in [1.29, 1.82) is 0 Å². The average Bonchev–Trinajstić information content (AvgIpc) is 3.65. The maximum Gasteiger partial charge on any atom is 0.231 e. The second-order valence-electron chi connectivity index (χ2n) is 9.85. The number of hydrogen-bond donors (Lipinski definition) is 0. The summed E-state index contributed by atoms with van der Waals surface area (Å²) >= 11 is 0. The van der Waals surface area contributed by atoms with Crippen molar-refractivity contribution in [2.24, 2.45) is 0 Å². The maximum absolute atomic E-state index is 6.35. The number of methoxy groups -OCH3 is 1. The minimum absolute atomic E-state index is 0.282. The third-order valence-corrected chi connectivity index (χ3v) is 7.43. The van der Waals surface area contributed by atoms with E-state index in [0.717, 1.165) is 77.4 Å². The molecule has 2 aliphatic heterocycles. The molecule has 8 nitrogen and oxygen atoms in total. The molecule has 0 bridgehead atoms. The molecule has 8 heteroatoms. The molecule has 0 fully saturated rings. The highest BCUT2D eigenvalue weighted by molar-refractivity contribution is 5.91. The van der Waals surface area contributed by atoms with Crippen LogP contribution in [0.25, 0.3) is 33.3 Å². The van der Waals surface area contributed by atoms with E-state index in [4.69, 9.17) is 18.9 Å². The Kier molecular flexibility index (Phi) is 6.00. The summed E-state index contributed by atoms with van der Waals surface area (Å²) in [5, 5.41) is 10.7. The van der Waals surface area contributed by atoms with Gasteiger partial charge in [-0.2, -0.15) is 4.57 Å². The number of aryl methyl sites for hydroxylation is 3. The lowest BCUT2D eigenvalue weighted by Crippen LogP contribution is -2.40. The van der Waals surface area contributed by atoms with Gasteiger partial charge in [-0.1, -0.05) is 35.5 Å². The Hall–Kier alpha value is -4.59. The first-order chi connectivity index (χ1) is 19.3. The molecule has 7 rings (SSSR count). The second-order valence-corrected chi connectivity index (χ2v) is 9.85. The van der Waals surface area contributed by atoms with E-state index < -0.39 is 0 Å². The molecule has 0 atom stereocenters. The zero-order valence-electron chi connectivity index (χ0n) is 21.8. The van der Waals surface area contributed by atoms with Crippen LogP contribution in [0, 0.1) is 0 Å². The van der Waals surface area contributed by atoms with Crippen LogP contribution in [0.3, 0.4) is 0 Å². The summed E-state index contributed by atoms with van der Waals surface area (Å²) in [5.74, 6) is 3.17. The van der Waals surface area contributed by atoms with Crippen LogP contribution < -0.4 is 23.5 Å². The molecule has 39 heavy (non-hydrogen) atoms. The molecule has 0 amide bonds. The van der Waals surface area contributed by atoms with Gasteiger partial charge in [0.05, 0.1) is 30.9 Å². The molecule has 0 spiro atoms. The summed E-state index contributed by atoms with van der Waals surface area (Å²) in [7, 11) is 1.69. The third kappa shape index (κ3) is 4.41. The number of nitrogens with zero attached hydrogens (tertiary/aromatic N) is 4. The largest absolute Gasteiger partial charge is 0.493 e. The number of fused-ring (bicyclic) bond motifs is 5. The predicted molar refractivity (Wildman–Crippen MR) is 146 cm³/mol. The van der Waals surface area contributed by atoms with Crippen molar-refractivity contribution < 1.29 is 23.5 Å². The SMILES string of the molecule is COc1ccc2cc3[n+](cc2c1OCCCCn1cc(-c2ccccc2)nn1)CCc1cc2c(cc1-3)OCO2. The molecule has 0 radical (unpaired) electrons. The van der Waals surface area contributed by atoms with Crippen LogP contribution in [0.15, 0.2) is 73.1 Å². The molecule has 0 unspecified atom stereocenters. The van der Waals surface area contributed by atoms with Gasteiger partial charge in [0.1, 0.15) is 5.69 Å². The van der Waals surface area contributed by atoms with Crippen LogP contribution in [-0.4, -0.2) is 35.5 Å². The molecule has 4 heterocycles. The molecular formula is C31H29N4O4+. The first-order valence-corrected chi connectivity index (χ1v) is 13.3. The van der Waals surface area contributed by atoms with Gasteiger partial charge in [-0.05, 0) is 48.1 Å². The minimum atomic E-state index is 0.282. The van der Waals surface area contributed by atoms with Gasteiger partial charge >= 0.3 is 0 Å². The summed E-state index contributed by atoms with van der Waals surface area (Å²) in [6.07, 6.45) is 6.94. The molecular weight excluding hydrogens is 492 g/mol. The highest BCUT2D eigenvalue weighted by Crippen LogP contribution is 2.41. The van der Waals surface area contributed by atoms with Crippen molar-refractivity contribution >= 4 is 10.8 Å². The summed E-state index contributed by atoms with van der Waals surface area (Å²) in [5.41, 5.74) is 5.60. The van der Waals surface area contributed by atoms with Crippen LogP contribution >= 0.6 is 0 Å². The van der Waals surface area contributed by atoms with Gasteiger partial charge in [-0.15, -0.1) is 5.10 Å². The van der Waals surface area contributed by atoms with E-state index in [9.17, 15) is 0 Å². The van der Waals surface area contributed by atoms with Crippen molar-refractivity contribution in [3.8, 4) is 45.5 Å². The lowest BCUT2D eigenvalue weighted by Gasteiger charge is -2.18. The molecule has 0 saturated heterocycles. The minimum Gasteiger partial charge on any atom is -0.493 e. The van der Waals surface area contributed by atoms with E-state index >= 15 is 0 Å². The van der Waals surface area contributed by atoms with Gasteiger partial charge in [0.25, 0.3) is 0 Å². The quantitative estimate of drug-likeness (QED) is 0.206. The topological polar surface area (TPSA) is 71.5 Å². The molecule has 0 saturated carbocycles. The van der Waals surface area contributed by atoms with Crippen molar-refractivity contribution in [3.63, 3.8) is 0 Å². The number of aromatic nitrogens is 4. The summed E-state index contributed by atoms with van der Waals surface area (Å²) < 4.78 is 27.5. The van der Waals surface area contributed by atoms with E-state index in [1.807, 2.05) is 47.3 Å². The highest BCUT2D eigenvalue weighted by atomic mass is 16.7. The number of ether oxygens (including phenoxy) is 4. The number of hydrogen-bond acceptors (Lipinski definition) is 6. The second kappa shape index (κ2) is 9.94. The zero-order valence-corrected chi connectivity index (χ0v) is 21.8. The normalized spacial score (nSPS) is 13.3. The fraction of sp³-hybridized carbons (Fsp3) is 0.258. The predicted octanol–water partition coefficient (Wildman–Crippen LogP) is 5.21. The van der Waals surface area contributed by atoms with E-state index in [-0.39, 0.29) is 6.79 Å². The van der Waals surface area contributed by atoms with Gasteiger partial charge in [0.15, 0.2) is 35.7 Å². The average molecular weight is 522 g/mol. The number of pyridine rings is 1. The van der Waals surface area contributed by atoms with Crippen LogP contribution in [0.2, 0.25) is 0 Å². The maximum atomic E-state index is 6.35. The van der Waals surface area contributed by atoms with Gasteiger partial charge in [-0.3, -0.25) is 4.68 Å². The van der Waals surface area contributed by atoms with Gasteiger partial charge in [-0.25, -0.2) is 0 Å². The fourth-order valence-corrected chi connectivity index (χ4v) is 5.41. The van der Waals surface area contributed by atoms with E-state index in [1.165, 1.54) is 16.8 Å². The van der Waals surface area contributed by atoms with E-state index in [0.29, 0.717) is 6.61 Å². The summed E-state index contributed by atoms with van der Waals surface area (Å²) in [4.78, 5) is 0. The van der Waals surface area contributed by atoms with Crippen molar-refractivity contribution in [3.05, 3.63) is 78.6 Å². The van der Waals surface area contributed by atoms with Gasteiger partial charge in [0, 0.05) is 24.6 Å². The van der Waals surface area contributed by atoms with Crippen LogP contribution in [0.5, 0.6) is 23.0 Å². The van der Waals surface area contributed by atoms with Crippen molar-refractivity contribution in [2.45, 2.75) is 32.4 Å². The zero-order chi connectivity index (χ0) is 26.2. The fourth-order valence-electron chi connectivity index (χ4n) is 5.41. The number of rotatable bonds is 8. The Morgan fingerprint density at radius 3 is 2.74 bits per heavy atom. The molecule has 196 valence electrons. The standard InChI is InChI=1S/C31H29N4O4/c1-36-28-10-9-22-15-27-24-17-30-29(38-20-39-30)16-23(24)11-13-34(27)18-25(22)31(28)37-14-6-5-12-35-19-26(32-33-35)21-7-3-2-4-8-21/h2-4,7-10,15-19H,5-6,11-14,20H2,1H3/q+1. The van der Waals surface area contributed by atoms with Crippen LogP contribution in [0.1, 0.15) is 18.4 Å². The molecule has 0 aliphatic carbocycles. The van der Waals surface area contributed by atoms with Crippen LogP contribution in [-0.2, 0) is 19.5 Å². The Morgan fingerprint density at radius 1 is 1.00 bits per heavy atom. The number of unbranched alkanes of at least 4 members (excludes halogenated alkanes) is 1. The summed E-state index contributed by atoms with van der Waals surface area (Å²) in [6, 6.07) is 20.6.